The Morgan fingerprint density at radius 2 is 2.11 bits per heavy atom. The number of furan rings is 1. The zero-order valence-electron chi connectivity index (χ0n) is 16.3. The van der Waals surface area contributed by atoms with Crippen LogP contribution in [-0.4, -0.2) is 43.3 Å². The Hall–Kier alpha value is -2.54. The van der Waals surface area contributed by atoms with Crippen molar-refractivity contribution in [3.63, 3.8) is 0 Å². The zero-order valence-corrected chi connectivity index (χ0v) is 16.3. The Morgan fingerprint density at radius 1 is 1.29 bits per heavy atom. The van der Waals surface area contributed by atoms with Gasteiger partial charge in [0, 0.05) is 32.6 Å². The van der Waals surface area contributed by atoms with Gasteiger partial charge in [-0.1, -0.05) is 6.07 Å². The Balaban J connectivity index is 1.56. The van der Waals surface area contributed by atoms with E-state index in [-0.39, 0.29) is 11.9 Å². The number of hydrogen-bond acceptors (Lipinski definition) is 4. The Bertz CT molecular complexity index is 756. The van der Waals surface area contributed by atoms with E-state index in [1.165, 1.54) is 0 Å². The number of aliphatic hydroxyl groups is 1. The Morgan fingerprint density at radius 3 is 2.79 bits per heavy atom. The highest BCUT2D eigenvalue weighted by atomic mass is 19.1. The van der Waals surface area contributed by atoms with Gasteiger partial charge in [-0.3, -0.25) is 0 Å². The van der Waals surface area contributed by atoms with E-state index in [2.05, 4.69) is 15.6 Å². The number of benzene rings is 1. The lowest BCUT2D eigenvalue weighted by atomic mass is 10.1. The second-order valence-corrected chi connectivity index (χ2v) is 6.96. The predicted molar refractivity (Wildman–Crippen MR) is 109 cm³/mol. The summed E-state index contributed by atoms with van der Waals surface area (Å²) in [6, 6.07) is 9.10. The molecule has 3 rings (SSSR count). The lowest BCUT2D eigenvalue weighted by Gasteiger charge is -2.31. The van der Waals surface area contributed by atoms with Crippen molar-refractivity contribution >= 4 is 11.6 Å². The number of aliphatic hydroxyl groups excluding tert-OH is 1. The minimum atomic E-state index is -0.266. The molecule has 0 spiro atoms. The van der Waals surface area contributed by atoms with Crippen LogP contribution in [0.25, 0.3) is 0 Å². The van der Waals surface area contributed by atoms with Crippen LogP contribution in [0.1, 0.15) is 31.1 Å². The Labute approximate surface area is 165 Å². The van der Waals surface area contributed by atoms with Gasteiger partial charge < -0.3 is 25.1 Å². The van der Waals surface area contributed by atoms with Gasteiger partial charge in [-0.25, -0.2) is 9.38 Å². The van der Waals surface area contributed by atoms with Crippen LogP contribution in [0, 0.1) is 5.82 Å². The van der Waals surface area contributed by atoms with E-state index >= 15 is 0 Å². The van der Waals surface area contributed by atoms with Crippen molar-refractivity contribution in [3.8, 4) is 0 Å². The second-order valence-electron chi connectivity index (χ2n) is 6.96. The van der Waals surface area contributed by atoms with E-state index in [9.17, 15) is 9.50 Å². The third-order valence-electron chi connectivity index (χ3n) is 4.83. The molecule has 0 amide bonds. The molecular weight excluding hydrogens is 359 g/mol. The monoisotopic (exact) mass is 388 g/mol. The van der Waals surface area contributed by atoms with Gasteiger partial charge in [-0.15, -0.1) is 0 Å². The number of nitrogens with one attached hydrogen (secondary N) is 2. The summed E-state index contributed by atoms with van der Waals surface area (Å²) in [6.45, 7) is 5.22. The molecule has 1 aliphatic heterocycles. The number of anilines is 1. The highest BCUT2D eigenvalue weighted by Crippen LogP contribution is 2.24. The van der Waals surface area contributed by atoms with Crippen molar-refractivity contribution < 1.29 is 13.9 Å². The first-order valence-electron chi connectivity index (χ1n) is 9.91. The summed E-state index contributed by atoms with van der Waals surface area (Å²) in [5.41, 5.74) is 1.42. The van der Waals surface area contributed by atoms with Gasteiger partial charge in [-0.2, -0.15) is 0 Å². The molecule has 0 radical (unpaired) electrons. The lowest BCUT2D eigenvalue weighted by molar-refractivity contribution is 0.145. The molecule has 0 unspecified atom stereocenters. The number of aliphatic imine (C=N–C) groups is 1. The fourth-order valence-corrected chi connectivity index (χ4v) is 3.28. The summed E-state index contributed by atoms with van der Waals surface area (Å²) in [4.78, 5) is 6.54. The fourth-order valence-electron chi connectivity index (χ4n) is 3.28. The van der Waals surface area contributed by atoms with Crippen LogP contribution < -0.4 is 15.5 Å². The molecule has 1 aromatic heterocycles. The smallest absolute Gasteiger partial charge is 0.191 e. The van der Waals surface area contributed by atoms with Crippen LogP contribution >= 0.6 is 0 Å². The van der Waals surface area contributed by atoms with E-state index in [0.29, 0.717) is 50.7 Å². The number of rotatable bonds is 7. The van der Waals surface area contributed by atoms with E-state index in [1.807, 2.05) is 36.1 Å². The Kier molecular flexibility index (Phi) is 7.31. The van der Waals surface area contributed by atoms with Crippen molar-refractivity contribution in [2.24, 2.45) is 4.99 Å². The summed E-state index contributed by atoms with van der Waals surface area (Å²) in [5.74, 6) is 1.38. The topological polar surface area (TPSA) is 73.0 Å². The molecule has 2 aromatic rings. The zero-order chi connectivity index (χ0) is 19.8. The maximum atomic E-state index is 14.6. The number of nitrogens with zero attached hydrogens (tertiary/aromatic N) is 2. The standard InChI is InChI=1S/C21H29FN4O2/c1-2-23-21(24-10-7-18-4-3-13-28-18)25-15-16-5-6-20(19(22)14-16)26-11-8-17(27)9-12-26/h3-6,13-14,17,27H,2,7-12,15H2,1H3,(H2,23,24,25). The predicted octanol–water partition coefficient (Wildman–Crippen LogP) is 2.68. The van der Waals surface area contributed by atoms with Crippen molar-refractivity contribution in [1.82, 2.24) is 10.6 Å². The van der Waals surface area contributed by atoms with Gasteiger partial charge in [0.05, 0.1) is 24.6 Å². The summed E-state index contributed by atoms with van der Waals surface area (Å²) >= 11 is 0. The average molecular weight is 388 g/mol. The average Bonchev–Trinajstić information content (AvgIpc) is 3.20. The van der Waals surface area contributed by atoms with Crippen LogP contribution in [0.2, 0.25) is 0 Å². The van der Waals surface area contributed by atoms with Crippen molar-refractivity contribution in [3.05, 3.63) is 53.7 Å². The first-order valence-corrected chi connectivity index (χ1v) is 9.91. The van der Waals surface area contributed by atoms with Gasteiger partial charge in [0.1, 0.15) is 11.6 Å². The van der Waals surface area contributed by atoms with Crippen molar-refractivity contribution in [1.29, 1.82) is 0 Å². The highest BCUT2D eigenvalue weighted by molar-refractivity contribution is 5.79. The molecule has 28 heavy (non-hydrogen) atoms. The molecule has 152 valence electrons. The third-order valence-corrected chi connectivity index (χ3v) is 4.83. The fraction of sp³-hybridized carbons (Fsp3) is 0.476. The van der Waals surface area contributed by atoms with Gasteiger partial charge in [0.15, 0.2) is 5.96 Å². The molecule has 1 aliphatic rings. The number of halogens is 1. The van der Waals surface area contributed by atoms with E-state index in [1.54, 1.807) is 12.3 Å². The van der Waals surface area contributed by atoms with Crippen LogP contribution in [0.5, 0.6) is 0 Å². The molecule has 0 atom stereocenters. The van der Waals surface area contributed by atoms with E-state index in [4.69, 9.17) is 4.42 Å². The molecule has 0 aliphatic carbocycles. The van der Waals surface area contributed by atoms with Crippen molar-refractivity contribution in [2.45, 2.75) is 38.8 Å². The molecule has 0 bridgehead atoms. The molecule has 0 saturated carbocycles. The molecule has 1 fully saturated rings. The lowest BCUT2D eigenvalue weighted by Crippen LogP contribution is -2.38. The highest BCUT2D eigenvalue weighted by Gasteiger charge is 2.19. The third kappa shape index (κ3) is 5.73. The van der Waals surface area contributed by atoms with E-state index < -0.39 is 0 Å². The molecule has 6 nitrogen and oxygen atoms in total. The minimum absolute atomic E-state index is 0.236. The van der Waals surface area contributed by atoms with Gasteiger partial charge in [0.25, 0.3) is 0 Å². The molecule has 7 heteroatoms. The first kappa shape index (κ1) is 20.2. The normalized spacial score (nSPS) is 15.7. The summed E-state index contributed by atoms with van der Waals surface area (Å²) in [7, 11) is 0. The number of piperidine rings is 1. The summed E-state index contributed by atoms with van der Waals surface area (Å²) < 4.78 is 19.9. The van der Waals surface area contributed by atoms with Crippen LogP contribution in [0.4, 0.5) is 10.1 Å². The molecule has 2 heterocycles. The number of guanidine groups is 1. The molecular formula is C21H29FN4O2. The van der Waals surface area contributed by atoms with Gasteiger partial charge >= 0.3 is 0 Å². The maximum Gasteiger partial charge on any atom is 0.191 e. The quantitative estimate of drug-likeness (QED) is 0.502. The second kappa shape index (κ2) is 10.1. The largest absolute Gasteiger partial charge is 0.469 e. The summed E-state index contributed by atoms with van der Waals surface area (Å²) in [5, 5.41) is 16.1. The summed E-state index contributed by atoms with van der Waals surface area (Å²) in [6.07, 6.45) is 3.53. The van der Waals surface area contributed by atoms with E-state index in [0.717, 1.165) is 24.3 Å². The van der Waals surface area contributed by atoms with Crippen molar-refractivity contribution in [2.75, 3.05) is 31.1 Å². The molecule has 1 saturated heterocycles. The van der Waals surface area contributed by atoms with Crippen LogP contribution in [-0.2, 0) is 13.0 Å². The molecule has 3 N–H and O–H groups in total. The maximum absolute atomic E-state index is 14.6. The van der Waals surface area contributed by atoms with Gasteiger partial charge in [0.2, 0.25) is 0 Å². The first-order chi connectivity index (χ1) is 13.7. The number of hydrogen-bond donors (Lipinski definition) is 3. The van der Waals surface area contributed by atoms with Gasteiger partial charge in [-0.05, 0) is 49.6 Å². The van der Waals surface area contributed by atoms with Crippen LogP contribution in [0.15, 0.2) is 46.0 Å². The molecule has 1 aromatic carbocycles. The van der Waals surface area contributed by atoms with Crippen LogP contribution in [0.3, 0.4) is 0 Å². The minimum Gasteiger partial charge on any atom is -0.469 e. The SMILES string of the molecule is CCNC(=NCc1ccc(N2CCC(O)CC2)c(F)c1)NCCc1ccco1.